The minimum atomic E-state index is -0.839. The summed E-state index contributed by atoms with van der Waals surface area (Å²) in [5.74, 6) is -0.0319. The Morgan fingerprint density at radius 3 is 2.19 bits per heavy atom. The summed E-state index contributed by atoms with van der Waals surface area (Å²) in [7, 11) is 1.51. The van der Waals surface area contributed by atoms with E-state index >= 15 is 0 Å². The van der Waals surface area contributed by atoms with E-state index in [9.17, 15) is 9.59 Å². The molecule has 146 valence electrons. The summed E-state index contributed by atoms with van der Waals surface area (Å²) >= 11 is 0. The van der Waals surface area contributed by atoms with Gasteiger partial charge in [0, 0.05) is 19.5 Å². The van der Waals surface area contributed by atoms with Crippen molar-refractivity contribution in [1.29, 1.82) is 0 Å². The fourth-order valence-electron chi connectivity index (χ4n) is 1.76. The number of nitrogens with zero attached hydrogens (tertiary/aromatic N) is 4. The SMILES string of the molecule is COCCN(C(=O)OC(C)(C)C)/C(=N/C(=O)OC(C)(C)C)n1cccn1. The van der Waals surface area contributed by atoms with Gasteiger partial charge in [-0.15, -0.1) is 4.99 Å². The Hall–Kier alpha value is -2.42. The molecular weight excluding hydrogens is 340 g/mol. The van der Waals surface area contributed by atoms with Crippen LogP contribution in [0.15, 0.2) is 23.5 Å². The maximum Gasteiger partial charge on any atom is 0.437 e. The fraction of sp³-hybridized carbons (Fsp3) is 0.647. The van der Waals surface area contributed by atoms with Gasteiger partial charge in [0.25, 0.3) is 0 Å². The lowest BCUT2D eigenvalue weighted by atomic mass is 10.2. The summed E-state index contributed by atoms with van der Waals surface area (Å²) < 4.78 is 17.0. The van der Waals surface area contributed by atoms with Crippen LogP contribution in [0, 0.1) is 0 Å². The van der Waals surface area contributed by atoms with E-state index in [-0.39, 0.29) is 19.1 Å². The van der Waals surface area contributed by atoms with Gasteiger partial charge in [-0.1, -0.05) is 0 Å². The molecule has 0 spiro atoms. The van der Waals surface area contributed by atoms with Gasteiger partial charge in [-0.2, -0.15) is 5.10 Å². The van der Waals surface area contributed by atoms with E-state index in [1.54, 1.807) is 53.8 Å². The normalized spacial score (nSPS) is 12.7. The molecule has 0 unspecified atom stereocenters. The van der Waals surface area contributed by atoms with Gasteiger partial charge >= 0.3 is 12.2 Å². The van der Waals surface area contributed by atoms with E-state index in [0.29, 0.717) is 0 Å². The second-order valence-corrected chi connectivity index (χ2v) is 7.47. The molecule has 0 aliphatic heterocycles. The second-order valence-electron chi connectivity index (χ2n) is 7.47. The number of carbonyl (C=O) groups excluding carboxylic acids is 2. The Labute approximate surface area is 153 Å². The van der Waals surface area contributed by atoms with Crippen LogP contribution in [0.2, 0.25) is 0 Å². The van der Waals surface area contributed by atoms with Crippen molar-refractivity contribution < 1.29 is 23.8 Å². The molecule has 0 radical (unpaired) electrons. The third-order valence-corrected chi connectivity index (χ3v) is 2.67. The first kappa shape index (κ1) is 21.6. The predicted octanol–water partition coefficient (Wildman–Crippen LogP) is 2.91. The van der Waals surface area contributed by atoms with E-state index in [4.69, 9.17) is 14.2 Å². The van der Waals surface area contributed by atoms with E-state index in [1.807, 2.05) is 0 Å². The molecule has 0 saturated heterocycles. The fourth-order valence-corrected chi connectivity index (χ4v) is 1.76. The zero-order valence-electron chi connectivity index (χ0n) is 16.5. The third-order valence-electron chi connectivity index (χ3n) is 2.67. The van der Waals surface area contributed by atoms with Crippen molar-refractivity contribution in [2.24, 2.45) is 4.99 Å². The Balaban J connectivity index is 3.25. The second kappa shape index (κ2) is 8.79. The highest BCUT2D eigenvalue weighted by molar-refractivity contribution is 5.99. The molecule has 1 aromatic heterocycles. The zero-order valence-corrected chi connectivity index (χ0v) is 16.5. The number of rotatable bonds is 3. The van der Waals surface area contributed by atoms with Crippen molar-refractivity contribution in [3.05, 3.63) is 18.5 Å². The van der Waals surface area contributed by atoms with E-state index in [0.717, 1.165) is 0 Å². The Morgan fingerprint density at radius 1 is 1.12 bits per heavy atom. The lowest BCUT2D eigenvalue weighted by molar-refractivity contribution is 0.0327. The Morgan fingerprint density at radius 2 is 1.73 bits per heavy atom. The first-order valence-corrected chi connectivity index (χ1v) is 8.24. The van der Waals surface area contributed by atoms with Gasteiger partial charge in [-0.25, -0.2) is 19.2 Å². The van der Waals surface area contributed by atoms with Crippen molar-refractivity contribution >= 4 is 18.1 Å². The topological polar surface area (TPSA) is 95.2 Å². The van der Waals surface area contributed by atoms with Crippen molar-refractivity contribution in [2.75, 3.05) is 20.3 Å². The molecule has 0 atom stereocenters. The first-order chi connectivity index (χ1) is 11.9. The third kappa shape index (κ3) is 7.64. The highest BCUT2D eigenvalue weighted by Crippen LogP contribution is 2.13. The van der Waals surface area contributed by atoms with E-state index < -0.39 is 23.4 Å². The standard InChI is InChI=1S/C17H28N4O5/c1-16(2,3)25-14(22)19-13(21-10-8-9-18-21)20(11-12-24-7)15(23)26-17(4,5)6/h8-10H,11-12H2,1-7H3/b19-13-. The van der Waals surface area contributed by atoms with Crippen LogP contribution >= 0.6 is 0 Å². The van der Waals surface area contributed by atoms with Crippen LogP contribution in [0.1, 0.15) is 41.5 Å². The van der Waals surface area contributed by atoms with Crippen LogP contribution in [0.5, 0.6) is 0 Å². The van der Waals surface area contributed by atoms with Crippen molar-refractivity contribution in [3.8, 4) is 0 Å². The Bertz CT molecular complexity index is 627. The number of aliphatic imine (C=N–C) groups is 1. The number of hydrogen-bond acceptors (Lipinski definition) is 6. The highest BCUT2D eigenvalue weighted by Gasteiger charge is 2.28. The molecule has 0 aliphatic rings. The number of methoxy groups -OCH3 is 1. The quantitative estimate of drug-likeness (QED) is 0.601. The largest absolute Gasteiger partial charge is 0.443 e. The molecule has 0 aliphatic carbocycles. The maximum atomic E-state index is 12.6. The number of hydrogen-bond donors (Lipinski definition) is 0. The summed E-state index contributed by atoms with van der Waals surface area (Å²) in [6, 6.07) is 1.65. The number of aromatic nitrogens is 2. The summed E-state index contributed by atoms with van der Waals surface area (Å²) in [6.07, 6.45) is 1.56. The van der Waals surface area contributed by atoms with Gasteiger partial charge in [0.15, 0.2) is 0 Å². The molecule has 26 heavy (non-hydrogen) atoms. The molecule has 0 bridgehead atoms. The molecule has 1 aromatic rings. The predicted molar refractivity (Wildman–Crippen MR) is 96.1 cm³/mol. The molecule has 9 heteroatoms. The minimum absolute atomic E-state index is 0.0319. The molecule has 0 N–H and O–H groups in total. The van der Waals surface area contributed by atoms with Gasteiger partial charge < -0.3 is 14.2 Å². The van der Waals surface area contributed by atoms with Crippen LogP contribution in [-0.4, -0.2) is 64.3 Å². The molecule has 9 nitrogen and oxygen atoms in total. The van der Waals surface area contributed by atoms with Crippen LogP contribution in [0.4, 0.5) is 9.59 Å². The molecule has 1 heterocycles. The van der Waals surface area contributed by atoms with Gasteiger partial charge in [-0.3, -0.25) is 0 Å². The summed E-state index contributed by atoms with van der Waals surface area (Å²) in [5, 5.41) is 4.06. The zero-order chi connectivity index (χ0) is 20.0. The monoisotopic (exact) mass is 368 g/mol. The molecule has 0 fully saturated rings. The number of amides is 2. The lowest BCUT2D eigenvalue weighted by Crippen LogP contribution is -2.46. The van der Waals surface area contributed by atoms with Crippen LogP contribution in [-0.2, 0) is 14.2 Å². The molecule has 0 saturated carbocycles. The first-order valence-electron chi connectivity index (χ1n) is 8.24. The summed E-state index contributed by atoms with van der Waals surface area (Å²) in [6.45, 7) is 10.8. The van der Waals surface area contributed by atoms with Crippen LogP contribution < -0.4 is 0 Å². The maximum absolute atomic E-state index is 12.6. The number of ether oxygens (including phenoxy) is 3. The average Bonchev–Trinajstić information content (AvgIpc) is 2.96. The van der Waals surface area contributed by atoms with E-state index in [2.05, 4.69) is 10.1 Å². The van der Waals surface area contributed by atoms with Crippen molar-refractivity contribution in [2.45, 2.75) is 52.7 Å². The van der Waals surface area contributed by atoms with Crippen LogP contribution in [0.3, 0.4) is 0 Å². The van der Waals surface area contributed by atoms with Gasteiger partial charge in [0.05, 0.1) is 13.2 Å². The molecule has 0 aromatic carbocycles. The highest BCUT2D eigenvalue weighted by atomic mass is 16.6. The number of carbonyl (C=O) groups is 2. The smallest absolute Gasteiger partial charge is 0.437 e. The van der Waals surface area contributed by atoms with Gasteiger partial charge in [0.2, 0.25) is 5.96 Å². The molecule has 2 amide bonds. The molecular formula is C17H28N4O5. The van der Waals surface area contributed by atoms with Crippen molar-refractivity contribution in [1.82, 2.24) is 14.7 Å². The minimum Gasteiger partial charge on any atom is -0.443 e. The summed E-state index contributed by atoms with van der Waals surface area (Å²) in [4.78, 5) is 30.0. The van der Waals surface area contributed by atoms with E-state index in [1.165, 1.54) is 22.9 Å². The van der Waals surface area contributed by atoms with Gasteiger partial charge in [-0.05, 0) is 47.6 Å². The van der Waals surface area contributed by atoms with Crippen LogP contribution in [0.25, 0.3) is 0 Å². The molecule has 1 rings (SSSR count). The van der Waals surface area contributed by atoms with Crippen molar-refractivity contribution in [3.63, 3.8) is 0 Å². The summed E-state index contributed by atoms with van der Waals surface area (Å²) in [5.41, 5.74) is -1.44. The lowest BCUT2D eigenvalue weighted by Gasteiger charge is -2.27. The average molecular weight is 368 g/mol. The Kier molecular flexibility index (Phi) is 7.31. The van der Waals surface area contributed by atoms with Gasteiger partial charge in [0.1, 0.15) is 11.2 Å².